The van der Waals surface area contributed by atoms with Gasteiger partial charge in [-0.05, 0) is 43.0 Å². The lowest BCUT2D eigenvalue weighted by Gasteiger charge is -2.32. The Hall–Kier alpha value is -2.41. The summed E-state index contributed by atoms with van der Waals surface area (Å²) in [5, 5.41) is 8.28. The molecule has 1 saturated heterocycles. The molecule has 0 atom stereocenters. The molecule has 3 heterocycles. The molecule has 4 rings (SSSR count). The molecule has 1 aromatic carbocycles. The molecule has 1 amide bonds. The van der Waals surface area contributed by atoms with Crippen molar-refractivity contribution in [2.45, 2.75) is 32.2 Å². The second-order valence-corrected chi connectivity index (χ2v) is 7.74. The summed E-state index contributed by atoms with van der Waals surface area (Å²) in [6, 6.07) is 8.48. The van der Waals surface area contributed by atoms with Crippen molar-refractivity contribution in [2.24, 2.45) is 7.05 Å². The van der Waals surface area contributed by atoms with E-state index in [1.54, 1.807) is 35.3 Å². The molecule has 1 aliphatic heterocycles. The van der Waals surface area contributed by atoms with E-state index in [1.807, 2.05) is 0 Å². The smallest absolute Gasteiger partial charge is 0.269 e. The summed E-state index contributed by atoms with van der Waals surface area (Å²) in [4.78, 5) is 19.5. The average molecular weight is 369 g/mol. The summed E-state index contributed by atoms with van der Waals surface area (Å²) >= 11 is 1.76. The van der Waals surface area contributed by atoms with Gasteiger partial charge in [-0.2, -0.15) is 5.10 Å². The largest absolute Gasteiger partial charge is 0.348 e. The number of fused-ring (bicyclic) bond motifs is 1. The molecule has 2 aromatic heterocycles. The molecule has 6 nitrogen and oxygen atoms in total. The van der Waals surface area contributed by atoms with Crippen LogP contribution in [0.4, 0.5) is 5.13 Å². The van der Waals surface area contributed by atoms with E-state index in [9.17, 15) is 4.79 Å². The van der Waals surface area contributed by atoms with Crippen molar-refractivity contribution in [3.63, 3.8) is 0 Å². The van der Waals surface area contributed by atoms with Crippen LogP contribution in [0.2, 0.25) is 0 Å². The van der Waals surface area contributed by atoms with Crippen molar-refractivity contribution in [3.8, 4) is 0 Å². The molecule has 0 unspecified atom stereocenters. The Morgan fingerprint density at radius 3 is 2.81 bits per heavy atom. The predicted molar refractivity (Wildman–Crippen MR) is 105 cm³/mol. The van der Waals surface area contributed by atoms with Crippen molar-refractivity contribution in [1.82, 2.24) is 20.1 Å². The average Bonchev–Trinajstić information content (AvgIpc) is 3.27. The summed E-state index contributed by atoms with van der Waals surface area (Å²) < 4.78 is 2.86. The molecular formula is C19H23N5OS. The van der Waals surface area contributed by atoms with E-state index in [4.69, 9.17) is 4.98 Å². The number of carbonyl (C=O) groups excluding carboxylic acids is 1. The van der Waals surface area contributed by atoms with E-state index in [1.165, 1.54) is 10.3 Å². The summed E-state index contributed by atoms with van der Waals surface area (Å²) in [5.74, 6) is -0.0458. The molecule has 0 radical (unpaired) electrons. The molecular weight excluding hydrogens is 346 g/mol. The molecule has 0 saturated carbocycles. The zero-order valence-electron chi connectivity index (χ0n) is 15.1. The first kappa shape index (κ1) is 17.0. The number of nitrogens with zero attached hydrogens (tertiary/aromatic N) is 4. The number of thiazole rings is 1. The molecule has 1 aliphatic rings. The lowest BCUT2D eigenvalue weighted by Crippen LogP contribution is -2.45. The van der Waals surface area contributed by atoms with Crippen LogP contribution in [0.15, 0.2) is 30.5 Å². The predicted octanol–water partition coefficient (Wildman–Crippen LogP) is 2.99. The molecule has 0 bridgehead atoms. The number of amides is 1. The first-order chi connectivity index (χ1) is 12.6. The van der Waals surface area contributed by atoms with E-state index in [0.29, 0.717) is 5.69 Å². The van der Waals surface area contributed by atoms with Gasteiger partial charge in [-0.1, -0.05) is 24.3 Å². The first-order valence-electron chi connectivity index (χ1n) is 9.07. The molecule has 7 heteroatoms. The molecule has 1 fully saturated rings. The minimum Gasteiger partial charge on any atom is -0.348 e. The number of piperidine rings is 1. The number of anilines is 1. The number of carbonyl (C=O) groups is 1. The van der Waals surface area contributed by atoms with E-state index in [0.717, 1.165) is 43.0 Å². The van der Waals surface area contributed by atoms with E-state index >= 15 is 0 Å². The first-order valence-corrected chi connectivity index (χ1v) is 9.89. The van der Waals surface area contributed by atoms with Gasteiger partial charge in [0, 0.05) is 32.4 Å². The van der Waals surface area contributed by atoms with Crippen LogP contribution in [0, 0.1) is 0 Å². The third-order valence-electron chi connectivity index (χ3n) is 5.00. The van der Waals surface area contributed by atoms with Gasteiger partial charge in [0.2, 0.25) is 0 Å². The fourth-order valence-electron chi connectivity index (χ4n) is 3.38. The fraction of sp³-hybridized carbons (Fsp3) is 0.421. The quantitative estimate of drug-likeness (QED) is 0.768. The number of benzene rings is 1. The van der Waals surface area contributed by atoms with Crippen LogP contribution in [-0.2, 0) is 13.5 Å². The normalized spacial score (nSPS) is 15.5. The van der Waals surface area contributed by atoms with Gasteiger partial charge in [0.05, 0.1) is 10.2 Å². The fourth-order valence-corrected chi connectivity index (χ4v) is 4.46. The molecule has 26 heavy (non-hydrogen) atoms. The van der Waals surface area contributed by atoms with E-state index < -0.39 is 0 Å². The number of nitrogens with one attached hydrogen (secondary N) is 1. The SMILES string of the molecule is CCc1ccc2nc(N3CCC(NC(=O)c4ccnn4C)CC3)sc2c1. The second-order valence-electron chi connectivity index (χ2n) is 6.73. The van der Waals surface area contributed by atoms with Crippen molar-refractivity contribution < 1.29 is 4.79 Å². The van der Waals surface area contributed by atoms with Crippen LogP contribution >= 0.6 is 11.3 Å². The molecule has 136 valence electrons. The number of hydrogen-bond acceptors (Lipinski definition) is 5. The van der Waals surface area contributed by atoms with Crippen LogP contribution in [0.1, 0.15) is 35.8 Å². The van der Waals surface area contributed by atoms with Gasteiger partial charge in [-0.3, -0.25) is 9.48 Å². The lowest BCUT2D eigenvalue weighted by molar-refractivity contribution is 0.0921. The van der Waals surface area contributed by atoms with Gasteiger partial charge in [-0.25, -0.2) is 4.98 Å². The monoisotopic (exact) mass is 369 g/mol. The maximum Gasteiger partial charge on any atom is 0.269 e. The van der Waals surface area contributed by atoms with Crippen LogP contribution in [0.25, 0.3) is 10.2 Å². The molecule has 1 N–H and O–H groups in total. The standard InChI is InChI=1S/C19H23N5OS/c1-3-13-4-5-15-17(12-13)26-19(22-15)24-10-7-14(8-11-24)21-18(25)16-6-9-20-23(16)2/h4-6,9,12,14H,3,7-8,10-11H2,1-2H3,(H,21,25). The molecule has 0 spiro atoms. The molecule has 0 aliphatic carbocycles. The molecule has 3 aromatic rings. The van der Waals surface area contributed by atoms with Gasteiger partial charge in [0.15, 0.2) is 5.13 Å². The summed E-state index contributed by atoms with van der Waals surface area (Å²) in [5.41, 5.74) is 3.03. The van der Waals surface area contributed by atoms with Crippen LogP contribution in [0.3, 0.4) is 0 Å². The number of hydrogen-bond donors (Lipinski definition) is 1. The number of aromatic nitrogens is 3. The number of aryl methyl sites for hydroxylation is 2. The van der Waals surface area contributed by atoms with Gasteiger partial charge in [0.1, 0.15) is 5.69 Å². The summed E-state index contributed by atoms with van der Waals surface area (Å²) in [6.07, 6.45) is 4.55. The topological polar surface area (TPSA) is 63.1 Å². The van der Waals surface area contributed by atoms with Gasteiger partial charge < -0.3 is 10.2 Å². The summed E-state index contributed by atoms with van der Waals surface area (Å²) in [7, 11) is 1.79. The van der Waals surface area contributed by atoms with Gasteiger partial charge in [-0.15, -0.1) is 0 Å². The van der Waals surface area contributed by atoms with Crippen molar-refractivity contribution >= 4 is 32.6 Å². The van der Waals surface area contributed by atoms with Crippen LogP contribution < -0.4 is 10.2 Å². The van der Waals surface area contributed by atoms with Crippen LogP contribution in [0.5, 0.6) is 0 Å². The maximum absolute atomic E-state index is 12.3. The zero-order valence-corrected chi connectivity index (χ0v) is 15.9. The van der Waals surface area contributed by atoms with Crippen molar-refractivity contribution in [2.75, 3.05) is 18.0 Å². The highest BCUT2D eigenvalue weighted by molar-refractivity contribution is 7.22. The van der Waals surface area contributed by atoms with Gasteiger partial charge in [0.25, 0.3) is 5.91 Å². The van der Waals surface area contributed by atoms with Crippen molar-refractivity contribution in [1.29, 1.82) is 0 Å². The highest BCUT2D eigenvalue weighted by Gasteiger charge is 2.24. The van der Waals surface area contributed by atoms with E-state index in [-0.39, 0.29) is 11.9 Å². The Labute approximate surface area is 156 Å². The minimum absolute atomic E-state index is 0.0458. The zero-order chi connectivity index (χ0) is 18.1. The minimum atomic E-state index is -0.0458. The Bertz CT molecular complexity index is 923. The third-order valence-corrected chi connectivity index (χ3v) is 6.08. The van der Waals surface area contributed by atoms with E-state index in [2.05, 4.69) is 40.4 Å². The Balaban J connectivity index is 1.39. The highest BCUT2D eigenvalue weighted by Crippen LogP contribution is 2.31. The Morgan fingerprint density at radius 2 is 2.12 bits per heavy atom. The Kier molecular flexibility index (Phi) is 4.63. The maximum atomic E-state index is 12.3. The lowest BCUT2D eigenvalue weighted by atomic mass is 10.1. The van der Waals surface area contributed by atoms with Gasteiger partial charge >= 0.3 is 0 Å². The van der Waals surface area contributed by atoms with Crippen LogP contribution in [-0.4, -0.2) is 39.8 Å². The second kappa shape index (κ2) is 7.07. The number of rotatable bonds is 4. The van der Waals surface area contributed by atoms with Crippen molar-refractivity contribution in [3.05, 3.63) is 41.7 Å². The third kappa shape index (κ3) is 3.31. The Morgan fingerprint density at radius 1 is 1.31 bits per heavy atom. The summed E-state index contributed by atoms with van der Waals surface area (Å²) in [6.45, 7) is 4.00. The highest BCUT2D eigenvalue weighted by atomic mass is 32.1.